The number of amides is 1. The zero-order valence-electron chi connectivity index (χ0n) is 20.5. The van der Waals surface area contributed by atoms with Crippen LogP contribution >= 0.6 is 0 Å². The molecule has 1 N–H and O–H groups in total. The zero-order valence-corrected chi connectivity index (χ0v) is 20.5. The van der Waals surface area contributed by atoms with Gasteiger partial charge in [-0.05, 0) is 68.9 Å². The van der Waals surface area contributed by atoms with Crippen LogP contribution in [0.3, 0.4) is 0 Å². The van der Waals surface area contributed by atoms with E-state index >= 15 is 0 Å². The molecule has 3 aromatic rings. The van der Waals surface area contributed by atoms with Gasteiger partial charge in [0.1, 0.15) is 5.60 Å². The molecule has 1 aliphatic rings. The van der Waals surface area contributed by atoms with Crippen molar-refractivity contribution >= 4 is 28.5 Å². The number of benzene rings is 2. The molecule has 6 heteroatoms. The third-order valence-electron chi connectivity index (χ3n) is 5.98. The minimum Gasteiger partial charge on any atom is -0.462 e. The first-order valence-electron chi connectivity index (χ1n) is 11.7. The van der Waals surface area contributed by atoms with Crippen LogP contribution in [0.1, 0.15) is 66.9 Å². The molecule has 0 saturated heterocycles. The molecule has 0 aliphatic heterocycles. The zero-order chi connectivity index (χ0) is 24.5. The fourth-order valence-corrected chi connectivity index (χ4v) is 4.52. The van der Waals surface area contributed by atoms with Crippen LogP contribution in [0.4, 0.5) is 4.79 Å². The van der Waals surface area contributed by atoms with Crippen molar-refractivity contribution in [3.05, 3.63) is 76.5 Å². The Balaban J connectivity index is 1.76. The highest BCUT2D eigenvalue weighted by Crippen LogP contribution is 2.35. The largest absolute Gasteiger partial charge is 0.462 e. The summed E-state index contributed by atoms with van der Waals surface area (Å²) in [5.74, 6) is -0.399. The lowest BCUT2D eigenvalue weighted by Crippen LogP contribution is -2.33. The van der Waals surface area contributed by atoms with Gasteiger partial charge >= 0.3 is 12.1 Å². The van der Waals surface area contributed by atoms with Crippen LogP contribution in [0.5, 0.6) is 0 Å². The van der Waals surface area contributed by atoms with Crippen molar-refractivity contribution in [2.24, 2.45) is 7.05 Å². The van der Waals surface area contributed by atoms with Crippen molar-refractivity contribution in [1.82, 2.24) is 9.88 Å². The van der Waals surface area contributed by atoms with Gasteiger partial charge in [0.2, 0.25) is 0 Å². The fraction of sp³-hybridized carbons (Fsp3) is 0.357. The first-order valence-corrected chi connectivity index (χ1v) is 11.7. The van der Waals surface area contributed by atoms with E-state index in [4.69, 9.17) is 9.47 Å². The molecule has 178 valence electrons. The lowest BCUT2D eigenvalue weighted by Gasteiger charge is -2.20. The van der Waals surface area contributed by atoms with Crippen LogP contribution in [0.25, 0.3) is 16.5 Å². The lowest BCUT2D eigenvalue weighted by atomic mass is 9.87. The van der Waals surface area contributed by atoms with Gasteiger partial charge in [-0.25, -0.2) is 9.59 Å². The Morgan fingerprint density at radius 1 is 1.12 bits per heavy atom. The minimum absolute atomic E-state index is 0.148. The van der Waals surface area contributed by atoms with E-state index in [0.29, 0.717) is 11.3 Å². The number of aromatic nitrogens is 1. The van der Waals surface area contributed by atoms with Gasteiger partial charge in [-0.1, -0.05) is 42.5 Å². The standard InChI is InChI=1S/C28H32N2O4/c1-6-33-26(31)25-22-15-14-19(21-13-9-11-18-10-7-8-12-20(18)21)16-23(22)30(5)24(25)17-29-27(32)34-28(2,3)4/h7-8,10,12-16H,6,9,11,17H2,1-5H3,(H,29,32). The van der Waals surface area contributed by atoms with Gasteiger partial charge in [0.25, 0.3) is 0 Å². The van der Waals surface area contributed by atoms with Crippen molar-refractivity contribution in [1.29, 1.82) is 0 Å². The molecular weight excluding hydrogens is 428 g/mol. The molecule has 0 spiro atoms. The summed E-state index contributed by atoms with van der Waals surface area (Å²) in [6.07, 6.45) is 3.79. The minimum atomic E-state index is -0.605. The average Bonchev–Trinajstić information content (AvgIpc) is 3.07. The Morgan fingerprint density at radius 2 is 1.88 bits per heavy atom. The van der Waals surface area contributed by atoms with Crippen molar-refractivity contribution in [3.8, 4) is 0 Å². The van der Waals surface area contributed by atoms with Gasteiger partial charge < -0.3 is 19.4 Å². The number of ether oxygens (including phenoxy) is 2. The predicted octanol–water partition coefficient (Wildman–Crippen LogP) is 5.76. The van der Waals surface area contributed by atoms with E-state index in [2.05, 4.69) is 47.8 Å². The molecule has 0 bridgehead atoms. The van der Waals surface area contributed by atoms with Crippen LogP contribution in [0, 0.1) is 0 Å². The maximum absolute atomic E-state index is 12.9. The number of allylic oxidation sites excluding steroid dienone is 1. The van der Waals surface area contributed by atoms with Gasteiger partial charge in [0.15, 0.2) is 0 Å². The monoisotopic (exact) mass is 460 g/mol. The van der Waals surface area contributed by atoms with Gasteiger partial charge in [-0.2, -0.15) is 0 Å². The second kappa shape index (κ2) is 9.37. The molecule has 2 aromatic carbocycles. The molecular formula is C28H32N2O4. The van der Waals surface area contributed by atoms with E-state index in [1.165, 1.54) is 16.7 Å². The van der Waals surface area contributed by atoms with Gasteiger partial charge in [0.05, 0.1) is 24.4 Å². The highest BCUT2D eigenvalue weighted by atomic mass is 16.6. The Morgan fingerprint density at radius 3 is 2.62 bits per heavy atom. The second-order valence-corrected chi connectivity index (χ2v) is 9.50. The molecule has 0 radical (unpaired) electrons. The first-order chi connectivity index (χ1) is 16.2. The summed E-state index contributed by atoms with van der Waals surface area (Å²) < 4.78 is 12.7. The Bertz CT molecular complexity index is 1280. The number of carbonyl (C=O) groups is 2. The van der Waals surface area contributed by atoms with E-state index < -0.39 is 17.7 Å². The molecule has 6 nitrogen and oxygen atoms in total. The normalized spacial score (nSPS) is 13.3. The molecule has 0 atom stereocenters. The van der Waals surface area contributed by atoms with Crippen LogP contribution in [-0.4, -0.2) is 28.8 Å². The molecule has 1 amide bonds. The molecule has 0 saturated carbocycles. The summed E-state index contributed by atoms with van der Waals surface area (Å²) in [4.78, 5) is 25.2. The Kier molecular flexibility index (Phi) is 6.51. The van der Waals surface area contributed by atoms with Crippen molar-refractivity contribution in [2.75, 3.05) is 6.61 Å². The van der Waals surface area contributed by atoms with Gasteiger partial charge in [-0.15, -0.1) is 0 Å². The summed E-state index contributed by atoms with van der Waals surface area (Å²) in [5.41, 5.74) is 6.35. The molecule has 1 aromatic heterocycles. The lowest BCUT2D eigenvalue weighted by molar-refractivity contribution is 0.0502. The van der Waals surface area contributed by atoms with Crippen LogP contribution in [-0.2, 0) is 29.5 Å². The number of alkyl carbamates (subject to hydrolysis) is 1. The number of esters is 1. The number of fused-ring (bicyclic) bond motifs is 2. The van der Waals surface area contributed by atoms with Crippen molar-refractivity contribution in [2.45, 2.75) is 52.7 Å². The number of hydrogen-bond donors (Lipinski definition) is 1. The van der Waals surface area contributed by atoms with Gasteiger partial charge in [0, 0.05) is 18.0 Å². The van der Waals surface area contributed by atoms with Crippen LogP contribution < -0.4 is 5.32 Å². The second-order valence-electron chi connectivity index (χ2n) is 9.50. The number of aryl methyl sites for hydroxylation is 2. The quantitative estimate of drug-likeness (QED) is 0.492. The molecule has 1 aliphatic carbocycles. The number of nitrogens with zero attached hydrogens (tertiary/aromatic N) is 1. The SMILES string of the molecule is CCOC(=O)c1c(CNC(=O)OC(C)(C)C)n(C)c2cc(C3=CCCc4ccccc43)ccc12. The Labute approximate surface area is 200 Å². The summed E-state index contributed by atoms with van der Waals surface area (Å²) in [6, 6.07) is 14.6. The number of rotatable bonds is 5. The molecule has 34 heavy (non-hydrogen) atoms. The highest BCUT2D eigenvalue weighted by Gasteiger charge is 2.25. The summed E-state index contributed by atoms with van der Waals surface area (Å²) in [5, 5.41) is 3.59. The molecule has 4 rings (SSSR count). The maximum atomic E-state index is 12.9. The van der Waals surface area contributed by atoms with E-state index in [1.54, 1.807) is 6.92 Å². The van der Waals surface area contributed by atoms with Crippen LogP contribution in [0.15, 0.2) is 48.5 Å². The van der Waals surface area contributed by atoms with Gasteiger partial charge in [-0.3, -0.25) is 0 Å². The van der Waals surface area contributed by atoms with E-state index in [9.17, 15) is 9.59 Å². The number of nitrogens with one attached hydrogen (secondary N) is 1. The van der Waals surface area contributed by atoms with Crippen LogP contribution in [0.2, 0.25) is 0 Å². The molecule has 1 heterocycles. The third kappa shape index (κ3) is 4.72. The van der Waals surface area contributed by atoms with E-state index in [0.717, 1.165) is 29.3 Å². The van der Waals surface area contributed by atoms with Crippen molar-refractivity contribution < 1.29 is 19.1 Å². The third-order valence-corrected chi connectivity index (χ3v) is 5.98. The summed E-state index contributed by atoms with van der Waals surface area (Å²) in [6.45, 7) is 7.64. The average molecular weight is 461 g/mol. The van der Waals surface area contributed by atoms with E-state index in [-0.39, 0.29) is 13.2 Å². The number of hydrogen-bond acceptors (Lipinski definition) is 4. The van der Waals surface area contributed by atoms with Crippen molar-refractivity contribution in [3.63, 3.8) is 0 Å². The smallest absolute Gasteiger partial charge is 0.407 e. The van der Waals surface area contributed by atoms with E-state index in [1.807, 2.05) is 38.5 Å². The molecule has 0 fully saturated rings. The topological polar surface area (TPSA) is 69.6 Å². The molecule has 0 unspecified atom stereocenters. The Hall–Kier alpha value is -3.54. The predicted molar refractivity (Wildman–Crippen MR) is 134 cm³/mol. The fourth-order valence-electron chi connectivity index (χ4n) is 4.52. The first kappa shape index (κ1) is 23.6. The summed E-state index contributed by atoms with van der Waals surface area (Å²) in [7, 11) is 1.91. The summed E-state index contributed by atoms with van der Waals surface area (Å²) >= 11 is 0. The maximum Gasteiger partial charge on any atom is 0.407 e. The highest BCUT2D eigenvalue weighted by molar-refractivity contribution is 6.07. The number of carbonyl (C=O) groups excluding carboxylic acids is 2.